The van der Waals surface area contributed by atoms with Gasteiger partial charge in [-0.2, -0.15) is 5.10 Å². The summed E-state index contributed by atoms with van der Waals surface area (Å²) in [5.74, 6) is 0. The highest BCUT2D eigenvalue weighted by Crippen LogP contribution is 2.22. The molecule has 0 aromatic carbocycles. The molecule has 17 heavy (non-hydrogen) atoms. The van der Waals surface area contributed by atoms with Crippen molar-refractivity contribution < 1.29 is 9.47 Å². The number of hydrogen-bond donors (Lipinski definition) is 1. The Hall–Kier alpha value is -0.620. The minimum Gasteiger partial charge on any atom is -0.382 e. The number of aromatic nitrogens is 2. The van der Waals surface area contributed by atoms with Crippen LogP contribution in [0.4, 0.5) is 0 Å². The fraction of sp³-hybridized carbons (Fsp3) is 0.727. The first kappa shape index (κ1) is 14.4. The van der Waals surface area contributed by atoms with E-state index in [0.29, 0.717) is 24.8 Å². The largest absolute Gasteiger partial charge is 0.382 e. The summed E-state index contributed by atoms with van der Waals surface area (Å²) in [6.45, 7) is 4.62. The summed E-state index contributed by atoms with van der Waals surface area (Å²) in [6.07, 6.45) is 1.65. The summed E-state index contributed by atoms with van der Waals surface area (Å²) >= 11 is 6.11. The predicted octanol–water partition coefficient (Wildman–Crippen LogP) is 1.39. The molecule has 1 aromatic rings. The highest BCUT2D eigenvalue weighted by Gasteiger charge is 2.18. The second-order valence-corrected chi connectivity index (χ2v) is 4.09. The molecule has 1 N–H and O–H groups in total. The van der Waals surface area contributed by atoms with Crippen LogP contribution in [0.25, 0.3) is 0 Å². The molecular formula is C11H20ClN3O2. The Morgan fingerprint density at radius 3 is 2.82 bits per heavy atom. The molecule has 5 nitrogen and oxygen atoms in total. The highest BCUT2D eigenvalue weighted by atomic mass is 35.5. The van der Waals surface area contributed by atoms with E-state index in [1.165, 1.54) is 0 Å². The van der Waals surface area contributed by atoms with Gasteiger partial charge in [0.25, 0.3) is 0 Å². The van der Waals surface area contributed by atoms with Crippen molar-refractivity contribution in [1.82, 2.24) is 15.1 Å². The molecule has 0 spiro atoms. The molecule has 98 valence electrons. The van der Waals surface area contributed by atoms with Crippen LogP contribution in [0.1, 0.15) is 18.7 Å². The predicted molar refractivity (Wildman–Crippen MR) is 67.3 cm³/mol. The molecule has 0 radical (unpaired) electrons. The first-order valence-electron chi connectivity index (χ1n) is 5.68. The van der Waals surface area contributed by atoms with E-state index in [1.807, 2.05) is 14.0 Å². The fourth-order valence-corrected chi connectivity index (χ4v) is 1.93. The normalized spacial score (nSPS) is 12.9. The van der Waals surface area contributed by atoms with E-state index in [9.17, 15) is 0 Å². The first-order chi connectivity index (χ1) is 8.20. The lowest BCUT2D eigenvalue weighted by Gasteiger charge is -2.18. The third-order valence-corrected chi connectivity index (χ3v) is 2.73. The van der Waals surface area contributed by atoms with Crippen molar-refractivity contribution in [2.24, 2.45) is 7.05 Å². The minimum atomic E-state index is 0.0526. The number of halogens is 1. The van der Waals surface area contributed by atoms with Crippen LogP contribution in [0.15, 0.2) is 6.20 Å². The zero-order valence-corrected chi connectivity index (χ0v) is 11.3. The Bertz CT molecular complexity index is 311. The van der Waals surface area contributed by atoms with Gasteiger partial charge in [-0.05, 0) is 6.54 Å². The molecule has 0 saturated carbocycles. The molecule has 0 amide bonds. The SMILES string of the molecule is CCNC(COCCOC)c1c(Cl)cnn1C. The number of methoxy groups -OCH3 is 1. The standard InChI is InChI=1S/C11H20ClN3O2/c1-4-13-10(8-17-6-5-16-3)11-9(12)7-14-15(11)2/h7,10,13H,4-6,8H2,1-3H3. The molecule has 0 aliphatic heterocycles. The quantitative estimate of drug-likeness (QED) is 0.719. The van der Waals surface area contributed by atoms with Gasteiger partial charge in [0.15, 0.2) is 0 Å². The molecule has 1 atom stereocenters. The van der Waals surface area contributed by atoms with Crippen molar-refractivity contribution >= 4 is 11.6 Å². The van der Waals surface area contributed by atoms with Gasteiger partial charge in [0, 0.05) is 14.2 Å². The van der Waals surface area contributed by atoms with Gasteiger partial charge in [-0.3, -0.25) is 4.68 Å². The summed E-state index contributed by atoms with van der Waals surface area (Å²) in [5.41, 5.74) is 0.950. The Morgan fingerprint density at radius 1 is 1.53 bits per heavy atom. The van der Waals surface area contributed by atoms with Crippen LogP contribution in [-0.4, -0.2) is 43.3 Å². The summed E-state index contributed by atoms with van der Waals surface area (Å²) in [4.78, 5) is 0. The van der Waals surface area contributed by atoms with Crippen LogP contribution in [0.5, 0.6) is 0 Å². The summed E-state index contributed by atoms with van der Waals surface area (Å²) in [7, 11) is 3.53. The molecule has 0 saturated heterocycles. The molecule has 0 aliphatic carbocycles. The van der Waals surface area contributed by atoms with Gasteiger partial charge >= 0.3 is 0 Å². The van der Waals surface area contributed by atoms with Crippen LogP contribution in [0.2, 0.25) is 5.02 Å². The van der Waals surface area contributed by atoms with Crippen molar-refractivity contribution in [3.8, 4) is 0 Å². The van der Waals surface area contributed by atoms with E-state index in [2.05, 4.69) is 10.4 Å². The lowest BCUT2D eigenvalue weighted by Crippen LogP contribution is -2.28. The van der Waals surface area contributed by atoms with Crippen molar-refractivity contribution in [2.45, 2.75) is 13.0 Å². The van der Waals surface area contributed by atoms with Crippen molar-refractivity contribution in [3.63, 3.8) is 0 Å². The van der Waals surface area contributed by atoms with Crippen LogP contribution < -0.4 is 5.32 Å². The molecule has 0 bridgehead atoms. The topological polar surface area (TPSA) is 48.3 Å². The molecule has 1 heterocycles. The molecular weight excluding hydrogens is 242 g/mol. The van der Waals surface area contributed by atoms with E-state index in [1.54, 1.807) is 18.0 Å². The smallest absolute Gasteiger partial charge is 0.0834 e. The zero-order chi connectivity index (χ0) is 12.7. The number of nitrogens with one attached hydrogen (secondary N) is 1. The van der Waals surface area contributed by atoms with E-state index in [0.717, 1.165) is 12.2 Å². The van der Waals surface area contributed by atoms with E-state index < -0.39 is 0 Å². The Kier molecular flexibility index (Phi) is 6.50. The molecule has 1 rings (SSSR count). The molecule has 0 aliphatic rings. The van der Waals surface area contributed by atoms with E-state index in [-0.39, 0.29) is 6.04 Å². The number of rotatable bonds is 8. The van der Waals surface area contributed by atoms with E-state index in [4.69, 9.17) is 21.1 Å². The number of aryl methyl sites for hydroxylation is 1. The van der Waals surface area contributed by atoms with Crippen LogP contribution in [-0.2, 0) is 16.5 Å². The third-order valence-electron chi connectivity index (χ3n) is 2.43. The third kappa shape index (κ3) is 4.27. The monoisotopic (exact) mass is 261 g/mol. The Labute approximate surface area is 107 Å². The average molecular weight is 262 g/mol. The number of hydrogen-bond acceptors (Lipinski definition) is 4. The fourth-order valence-electron chi connectivity index (χ4n) is 1.64. The minimum absolute atomic E-state index is 0.0526. The van der Waals surface area contributed by atoms with Gasteiger partial charge in [-0.1, -0.05) is 18.5 Å². The number of ether oxygens (including phenoxy) is 2. The van der Waals surface area contributed by atoms with Crippen molar-refractivity contribution in [2.75, 3.05) is 33.5 Å². The summed E-state index contributed by atoms with van der Waals surface area (Å²) in [6, 6.07) is 0.0526. The summed E-state index contributed by atoms with van der Waals surface area (Å²) < 4.78 is 12.2. The average Bonchev–Trinajstić information content (AvgIpc) is 2.63. The van der Waals surface area contributed by atoms with Crippen LogP contribution in [0, 0.1) is 0 Å². The number of likely N-dealkylation sites (N-methyl/N-ethyl adjacent to an activating group) is 1. The van der Waals surface area contributed by atoms with Crippen LogP contribution in [0.3, 0.4) is 0 Å². The molecule has 6 heteroatoms. The lowest BCUT2D eigenvalue weighted by molar-refractivity contribution is 0.0577. The van der Waals surface area contributed by atoms with Crippen molar-refractivity contribution in [3.05, 3.63) is 16.9 Å². The maximum Gasteiger partial charge on any atom is 0.0834 e. The van der Waals surface area contributed by atoms with Gasteiger partial charge in [-0.15, -0.1) is 0 Å². The van der Waals surface area contributed by atoms with E-state index >= 15 is 0 Å². The van der Waals surface area contributed by atoms with Gasteiger partial charge < -0.3 is 14.8 Å². The second kappa shape index (κ2) is 7.66. The summed E-state index contributed by atoms with van der Waals surface area (Å²) in [5, 5.41) is 8.12. The Morgan fingerprint density at radius 2 is 2.29 bits per heavy atom. The second-order valence-electron chi connectivity index (χ2n) is 3.68. The van der Waals surface area contributed by atoms with Crippen LogP contribution >= 0.6 is 11.6 Å². The molecule has 0 fully saturated rings. The Balaban J connectivity index is 2.59. The molecule has 1 unspecified atom stereocenters. The van der Waals surface area contributed by atoms with Crippen molar-refractivity contribution in [1.29, 1.82) is 0 Å². The van der Waals surface area contributed by atoms with Gasteiger partial charge in [-0.25, -0.2) is 0 Å². The maximum atomic E-state index is 6.11. The first-order valence-corrected chi connectivity index (χ1v) is 6.06. The lowest BCUT2D eigenvalue weighted by atomic mass is 10.2. The van der Waals surface area contributed by atoms with Gasteiger partial charge in [0.1, 0.15) is 0 Å². The highest BCUT2D eigenvalue weighted by molar-refractivity contribution is 6.31. The van der Waals surface area contributed by atoms with Gasteiger partial charge in [0.2, 0.25) is 0 Å². The molecule has 1 aromatic heterocycles. The number of nitrogens with zero attached hydrogens (tertiary/aromatic N) is 2. The van der Waals surface area contributed by atoms with Gasteiger partial charge in [0.05, 0.1) is 42.8 Å². The maximum absolute atomic E-state index is 6.11. The zero-order valence-electron chi connectivity index (χ0n) is 10.6.